The van der Waals surface area contributed by atoms with Crippen LogP contribution in [-0.4, -0.2) is 19.1 Å². The Balaban J connectivity index is 3.73. The van der Waals surface area contributed by atoms with E-state index >= 15 is 0 Å². The van der Waals surface area contributed by atoms with Gasteiger partial charge in [0.05, 0.1) is 6.61 Å². The Morgan fingerprint density at radius 2 is 1.43 bits per heavy atom. The van der Waals surface area contributed by atoms with Crippen LogP contribution in [0.25, 0.3) is 0 Å². The fraction of sp³-hybridized carbons (Fsp3) is 0.950. The summed E-state index contributed by atoms with van der Waals surface area (Å²) in [6, 6.07) is 0. The number of hydrogen-bond acceptors (Lipinski definition) is 3. The van der Waals surface area contributed by atoms with Crippen molar-refractivity contribution in [2.45, 2.75) is 104 Å². The molecule has 0 rings (SSSR count). The molecule has 3 nitrogen and oxygen atoms in total. The number of hydrogen-bond donors (Lipinski definition) is 1. The van der Waals surface area contributed by atoms with Crippen LogP contribution in [0.4, 0.5) is 0 Å². The molecule has 0 aromatic heterocycles. The lowest BCUT2D eigenvalue weighted by molar-refractivity contribution is -0.145. The van der Waals surface area contributed by atoms with E-state index < -0.39 is 0 Å². The summed E-state index contributed by atoms with van der Waals surface area (Å²) >= 11 is 0. The van der Waals surface area contributed by atoms with Gasteiger partial charge >= 0.3 is 5.97 Å². The molecule has 0 saturated heterocycles. The highest BCUT2D eigenvalue weighted by Crippen LogP contribution is 2.18. The van der Waals surface area contributed by atoms with Crippen LogP contribution < -0.4 is 5.73 Å². The number of carbonyl (C=O) groups is 1. The third-order valence-corrected chi connectivity index (χ3v) is 4.50. The highest BCUT2D eigenvalue weighted by Gasteiger charge is 2.11. The van der Waals surface area contributed by atoms with Crippen molar-refractivity contribution >= 4 is 5.97 Å². The number of carbonyl (C=O) groups excluding carboxylic acids is 1. The Bertz CT molecular complexity index is 256. The van der Waals surface area contributed by atoms with Crippen molar-refractivity contribution in [3.05, 3.63) is 0 Å². The van der Waals surface area contributed by atoms with Gasteiger partial charge in [-0.05, 0) is 38.1 Å². The van der Waals surface area contributed by atoms with E-state index in [1.165, 1.54) is 64.2 Å². The highest BCUT2D eigenvalue weighted by molar-refractivity contribution is 5.69. The quantitative estimate of drug-likeness (QED) is 0.279. The third-order valence-electron chi connectivity index (χ3n) is 4.50. The maximum atomic E-state index is 11.8. The van der Waals surface area contributed by atoms with Crippen LogP contribution in [0.3, 0.4) is 0 Å². The number of unbranched alkanes of at least 4 members (excludes halogenated alkanes) is 8. The minimum atomic E-state index is -0.00104. The van der Waals surface area contributed by atoms with E-state index in [1.807, 2.05) is 0 Å². The number of ether oxygens (including phenoxy) is 1. The van der Waals surface area contributed by atoms with Gasteiger partial charge in [0, 0.05) is 6.42 Å². The van der Waals surface area contributed by atoms with Crippen LogP contribution in [-0.2, 0) is 9.53 Å². The lowest BCUT2D eigenvalue weighted by Crippen LogP contribution is -2.14. The van der Waals surface area contributed by atoms with Crippen molar-refractivity contribution in [3.8, 4) is 0 Å². The van der Waals surface area contributed by atoms with Crippen molar-refractivity contribution in [3.63, 3.8) is 0 Å². The lowest BCUT2D eigenvalue weighted by atomic mass is 9.96. The van der Waals surface area contributed by atoms with Gasteiger partial charge < -0.3 is 10.5 Å². The van der Waals surface area contributed by atoms with E-state index in [4.69, 9.17) is 10.5 Å². The maximum Gasteiger partial charge on any atom is 0.305 e. The Morgan fingerprint density at radius 3 is 2.13 bits per heavy atom. The molecule has 2 N–H and O–H groups in total. The number of esters is 1. The van der Waals surface area contributed by atoms with Gasteiger partial charge in [-0.15, -0.1) is 0 Å². The molecule has 1 unspecified atom stereocenters. The topological polar surface area (TPSA) is 52.3 Å². The molecule has 3 heteroatoms. The summed E-state index contributed by atoms with van der Waals surface area (Å²) < 4.78 is 5.53. The van der Waals surface area contributed by atoms with Gasteiger partial charge in [0.15, 0.2) is 0 Å². The molecule has 0 aliphatic carbocycles. The van der Waals surface area contributed by atoms with Crippen LogP contribution in [0.5, 0.6) is 0 Å². The monoisotopic (exact) mass is 327 g/mol. The van der Waals surface area contributed by atoms with Crippen LogP contribution in [0.1, 0.15) is 104 Å². The predicted molar refractivity (Wildman–Crippen MR) is 99.5 cm³/mol. The van der Waals surface area contributed by atoms with E-state index in [9.17, 15) is 4.79 Å². The first kappa shape index (κ1) is 22.4. The predicted octanol–water partition coefficient (Wildman–Crippen LogP) is 5.61. The van der Waals surface area contributed by atoms with Crippen molar-refractivity contribution in [2.75, 3.05) is 13.2 Å². The third kappa shape index (κ3) is 16.1. The normalized spacial score (nSPS) is 12.3. The van der Waals surface area contributed by atoms with E-state index in [1.54, 1.807) is 0 Å². The summed E-state index contributed by atoms with van der Waals surface area (Å²) in [7, 11) is 0. The summed E-state index contributed by atoms with van der Waals surface area (Å²) in [6.07, 6.45) is 16.2. The standard InChI is InChI=1S/C20H41NO2/c1-3-5-7-11-15-19(14-6-4-2)18-23-20(22)16-12-9-8-10-13-17-21/h19H,3-18,21H2,1-2H3. The molecule has 0 heterocycles. The molecule has 0 aromatic rings. The number of rotatable bonds is 17. The summed E-state index contributed by atoms with van der Waals surface area (Å²) in [4.78, 5) is 11.8. The lowest BCUT2D eigenvalue weighted by Gasteiger charge is -2.16. The summed E-state index contributed by atoms with van der Waals surface area (Å²) in [5.74, 6) is 0.569. The zero-order chi connectivity index (χ0) is 17.2. The molecule has 138 valence electrons. The zero-order valence-corrected chi connectivity index (χ0v) is 15.8. The van der Waals surface area contributed by atoms with Gasteiger partial charge in [-0.1, -0.05) is 71.6 Å². The number of nitrogens with two attached hydrogens (primary N) is 1. The van der Waals surface area contributed by atoms with Gasteiger partial charge in [0.2, 0.25) is 0 Å². The fourth-order valence-corrected chi connectivity index (χ4v) is 2.89. The Morgan fingerprint density at radius 1 is 0.826 bits per heavy atom. The first-order valence-corrected chi connectivity index (χ1v) is 10.1. The van der Waals surface area contributed by atoms with Crippen LogP contribution in [0.2, 0.25) is 0 Å². The molecule has 23 heavy (non-hydrogen) atoms. The summed E-state index contributed by atoms with van der Waals surface area (Å²) in [6.45, 7) is 5.88. The SMILES string of the molecule is CCCCCCC(CCCC)COC(=O)CCCCCCCN. The van der Waals surface area contributed by atoms with Gasteiger partial charge in [-0.25, -0.2) is 0 Å². The Kier molecular flexibility index (Phi) is 17.3. The molecular formula is C20H41NO2. The van der Waals surface area contributed by atoms with Gasteiger partial charge in [-0.3, -0.25) is 4.79 Å². The molecule has 1 atom stereocenters. The summed E-state index contributed by atoms with van der Waals surface area (Å²) in [5.41, 5.74) is 5.47. The Labute approximate surface area is 144 Å². The van der Waals surface area contributed by atoms with Gasteiger partial charge in [0.25, 0.3) is 0 Å². The van der Waals surface area contributed by atoms with E-state index in [0.717, 1.165) is 25.8 Å². The molecule has 0 amide bonds. The largest absolute Gasteiger partial charge is 0.465 e. The first-order valence-electron chi connectivity index (χ1n) is 10.1. The molecular weight excluding hydrogens is 286 g/mol. The molecule has 0 saturated carbocycles. The first-order chi connectivity index (χ1) is 11.2. The molecule has 0 spiro atoms. The van der Waals surface area contributed by atoms with Gasteiger partial charge in [-0.2, -0.15) is 0 Å². The van der Waals surface area contributed by atoms with Gasteiger partial charge in [0.1, 0.15) is 0 Å². The highest BCUT2D eigenvalue weighted by atomic mass is 16.5. The zero-order valence-electron chi connectivity index (χ0n) is 15.8. The van der Waals surface area contributed by atoms with Crippen LogP contribution in [0, 0.1) is 5.92 Å². The molecule has 0 aromatic carbocycles. The van der Waals surface area contributed by atoms with Crippen molar-refractivity contribution in [1.82, 2.24) is 0 Å². The van der Waals surface area contributed by atoms with E-state index in [0.29, 0.717) is 18.9 Å². The second kappa shape index (κ2) is 17.8. The second-order valence-corrected chi connectivity index (χ2v) is 6.85. The minimum absolute atomic E-state index is 0.00104. The molecule has 0 aliphatic heterocycles. The molecule has 0 bridgehead atoms. The van der Waals surface area contributed by atoms with Crippen LogP contribution >= 0.6 is 0 Å². The van der Waals surface area contributed by atoms with E-state index in [-0.39, 0.29) is 5.97 Å². The van der Waals surface area contributed by atoms with Crippen molar-refractivity contribution in [1.29, 1.82) is 0 Å². The molecule has 0 aliphatic rings. The molecule has 0 radical (unpaired) electrons. The minimum Gasteiger partial charge on any atom is -0.465 e. The van der Waals surface area contributed by atoms with Crippen LogP contribution in [0.15, 0.2) is 0 Å². The smallest absolute Gasteiger partial charge is 0.305 e. The average molecular weight is 328 g/mol. The Hall–Kier alpha value is -0.570. The van der Waals surface area contributed by atoms with Crippen molar-refractivity contribution < 1.29 is 9.53 Å². The molecule has 0 fully saturated rings. The summed E-state index contributed by atoms with van der Waals surface area (Å²) in [5, 5.41) is 0. The average Bonchev–Trinajstić information content (AvgIpc) is 2.56. The fourth-order valence-electron chi connectivity index (χ4n) is 2.89. The van der Waals surface area contributed by atoms with Crippen molar-refractivity contribution in [2.24, 2.45) is 11.7 Å². The van der Waals surface area contributed by atoms with E-state index in [2.05, 4.69) is 13.8 Å². The second-order valence-electron chi connectivity index (χ2n) is 6.85. The maximum absolute atomic E-state index is 11.8.